The molecule has 14 aromatic rings. The van der Waals surface area contributed by atoms with Crippen LogP contribution in [0.2, 0.25) is 0 Å². The summed E-state index contributed by atoms with van der Waals surface area (Å²) in [7, 11) is 0. The summed E-state index contributed by atoms with van der Waals surface area (Å²) in [4.78, 5) is 0. The lowest BCUT2D eigenvalue weighted by Crippen LogP contribution is -2.17. The van der Waals surface area contributed by atoms with Crippen LogP contribution in [0.4, 0.5) is 0 Å². The normalized spacial score (nSPS) is 13.0. The molecule has 4 heterocycles. The minimum Gasteiger partial charge on any atom is -0.306 e. The second-order valence-corrected chi connectivity index (χ2v) is 19.4. The molecule has 0 saturated heterocycles. The van der Waals surface area contributed by atoms with Crippen LogP contribution in [0.1, 0.15) is 36.1 Å². The van der Waals surface area contributed by atoms with Crippen molar-refractivity contribution in [3.05, 3.63) is 229 Å². The summed E-state index contributed by atoms with van der Waals surface area (Å²) >= 11 is 0. The van der Waals surface area contributed by atoms with E-state index in [2.05, 4.69) is 251 Å². The molecular formula is C65H40N6. The molecule has 71 heavy (non-hydrogen) atoms. The molecule has 4 aromatic heterocycles. The molecule has 6 heteroatoms. The molecule has 330 valence electrons. The zero-order valence-electron chi connectivity index (χ0n) is 38.8. The van der Waals surface area contributed by atoms with E-state index in [-0.39, 0.29) is 16.5 Å². The number of aromatic nitrogens is 4. The summed E-state index contributed by atoms with van der Waals surface area (Å²) in [5, 5.41) is 33.2. The van der Waals surface area contributed by atoms with E-state index < -0.39 is 0 Å². The number of nitriles is 2. The maximum absolute atomic E-state index is 12.3. The van der Waals surface area contributed by atoms with Gasteiger partial charge < -0.3 is 18.3 Å². The quantitative estimate of drug-likeness (QED) is 0.177. The van der Waals surface area contributed by atoms with Crippen LogP contribution in [0.25, 0.3) is 121 Å². The van der Waals surface area contributed by atoms with E-state index in [1.807, 2.05) is 0 Å². The summed E-state index contributed by atoms with van der Waals surface area (Å²) < 4.78 is 9.38. The van der Waals surface area contributed by atoms with E-state index in [9.17, 15) is 10.5 Å². The first-order valence-corrected chi connectivity index (χ1v) is 24.2. The molecule has 1 aliphatic rings. The zero-order chi connectivity index (χ0) is 47.3. The Morgan fingerprint density at radius 1 is 0.310 bits per heavy atom. The molecular weight excluding hydrogens is 865 g/mol. The fourth-order valence-corrected chi connectivity index (χ4v) is 12.7. The van der Waals surface area contributed by atoms with E-state index in [0.717, 1.165) is 104 Å². The first-order valence-electron chi connectivity index (χ1n) is 24.2. The van der Waals surface area contributed by atoms with Gasteiger partial charge in [0.15, 0.2) is 0 Å². The lowest BCUT2D eigenvalue weighted by Gasteiger charge is -2.28. The van der Waals surface area contributed by atoms with Gasteiger partial charge in [-0.05, 0) is 59.2 Å². The van der Waals surface area contributed by atoms with E-state index >= 15 is 0 Å². The van der Waals surface area contributed by atoms with Crippen molar-refractivity contribution in [1.82, 2.24) is 18.3 Å². The van der Waals surface area contributed by atoms with Gasteiger partial charge in [0.25, 0.3) is 0 Å². The van der Waals surface area contributed by atoms with Gasteiger partial charge in [-0.2, -0.15) is 10.5 Å². The molecule has 0 radical (unpaired) electrons. The zero-order valence-corrected chi connectivity index (χ0v) is 38.8. The van der Waals surface area contributed by atoms with Crippen LogP contribution in [-0.4, -0.2) is 18.3 Å². The molecule has 0 bridgehead atoms. The van der Waals surface area contributed by atoms with Gasteiger partial charge in [0, 0.05) is 54.1 Å². The number of hydrogen-bond acceptors (Lipinski definition) is 2. The smallest absolute Gasteiger partial charge is 0.103 e. The number of para-hydroxylation sites is 7. The fourth-order valence-electron chi connectivity index (χ4n) is 12.7. The summed E-state index contributed by atoms with van der Waals surface area (Å²) in [5.41, 5.74) is 15.6. The van der Waals surface area contributed by atoms with Crippen molar-refractivity contribution in [1.29, 1.82) is 10.5 Å². The monoisotopic (exact) mass is 904 g/mol. The van der Waals surface area contributed by atoms with Crippen molar-refractivity contribution in [3.63, 3.8) is 0 Å². The van der Waals surface area contributed by atoms with Crippen molar-refractivity contribution in [2.75, 3.05) is 0 Å². The van der Waals surface area contributed by atoms with Crippen LogP contribution in [0, 0.1) is 22.7 Å². The SMILES string of the molecule is CC1(C)c2ccccc2-c2c1ccc1c3ccccc3n(-c3c(C#N)c(C#N)c(-n4c5ccccc5c5ccccc54)c(-n4c5ccccc5c5ccccc54)c3-n3c4ccccc4c4ccccc43)c21. The van der Waals surface area contributed by atoms with Gasteiger partial charge in [-0.1, -0.05) is 178 Å². The minimum absolute atomic E-state index is 0.287. The summed E-state index contributed by atoms with van der Waals surface area (Å²) in [6.07, 6.45) is 0. The average molecular weight is 905 g/mol. The van der Waals surface area contributed by atoms with E-state index in [1.165, 1.54) is 16.7 Å². The van der Waals surface area contributed by atoms with E-state index in [4.69, 9.17) is 0 Å². The number of hydrogen-bond donors (Lipinski definition) is 0. The Bertz CT molecular complexity index is 4600. The van der Waals surface area contributed by atoms with Crippen LogP contribution in [0.15, 0.2) is 206 Å². The van der Waals surface area contributed by atoms with Crippen molar-refractivity contribution in [2.45, 2.75) is 19.3 Å². The molecule has 0 aliphatic heterocycles. The van der Waals surface area contributed by atoms with Crippen molar-refractivity contribution < 1.29 is 0 Å². The summed E-state index contributed by atoms with van der Waals surface area (Å²) in [6, 6.07) is 78.8. The average Bonchev–Trinajstić information content (AvgIpc) is 4.20. The van der Waals surface area contributed by atoms with E-state index in [1.54, 1.807) is 0 Å². The van der Waals surface area contributed by atoms with Crippen LogP contribution < -0.4 is 0 Å². The van der Waals surface area contributed by atoms with E-state index in [0.29, 0.717) is 11.4 Å². The second-order valence-electron chi connectivity index (χ2n) is 19.4. The number of benzene rings is 10. The second kappa shape index (κ2) is 14.2. The minimum atomic E-state index is -0.304. The van der Waals surface area contributed by atoms with Crippen molar-refractivity contribution in [3.8, 4) is 46.0 Å². The Hall–Kier alpha value is -9.62. The van der Waals surface area contributed by atoms with Crippen LogP contribution in [0.5, 0.6) is 0 Å². The van der Waals surface area contributed by atoms with Gasteiger partial charge in [0.2, 0.25) is 0 Å². The first-order chi connectivity index (χ1) is 35.0. The molecule has 0 saturated carbocycles. The number of fused-ring (bicyclic) bond motifs is 16. The highest BCUT2D eigenvalue weighted by Crippen LogP contribution is 2.55. The largest absolute Gasteiger partial charge is 0.306 e. The maximum atomic E-state index is 12.3. The first kappa shape index (κ1) is 39.4. The van der Waals surface area contributed by atoms with Crippen molar-refractivity contribution in [2.24, 2.45) is 0 Å². The molecule has 0 N–H and O–H groups in total. The number of rotatable bonds is 4. The van der Waals surface area contributed by atoms with Gasteiger partial charge in [-0.15, -0.1) is 0 Å². The Morgan fingerprint density at radius 3 is 1.01 bits per heavy atom. The van der Waals surface area contributed by atoms with Gasteiger partial charge in [-0.25, -0.2) is 0 Å². The molecule has 1 aliphatic carbocycles. The lowest BCUT2D eigenvalue weighted by atomic mass is 9.82. The molecule has 0 fully saturated rings. The molecule has 0 amide bonds. The summed E-state index contributed by atoms with van der Waals surface area (Å²) in [6.45, 7) is 4.63. The highest BCUT2D eigenvalue weighted by Gasteiger charge is 2.40. The number of nitrogens with zero attached hydrogens (tertiary/aromatic N) is 6. The topological polar surface area (TPSA) is 67.3 Å². The predicted octanol–water partition coefficient (Wildman–Crippen LogP) is 16.1. The van der Waals surface area contributed by atoms with Crippen LogP contribution in [0.3, 0.4) is 0 Å². The molecule has 6 nitrogen and oxygen atoms in total. The molecule has 0 unspecified atom stereocenters. The van der Waals surface area contributed by atoms with Gasteiger partial charge >= 0.3 is 0 Å². The Balaban J connectivity index is 1.30. The third kappa shape index (κ3) is 4.98. The van der Waals surface area contributed by atoms with Gasteiger partial charge in [0.1, 0.15) is 12.1 Å². The Morgan fingerprint density at radius 2 is 0.620 bits per heavy atom. The highest BCUT2D eigenvalue weighted by atomic mass is 15.1. The third-order valence-electron chi connectivity index (χ3n) is 15.6. The van der Waals surface area contributed by atoms with Gasteiger partial charge in [0.05, 0.1) is 78.0 Å². The lowest BCUT2D eigenvalue weighted by molar-refractivity contribution is 0.661. The standard InChI is InChI=1S/C65H40N6/c1-65(2)50-27-11-3-26-47(50)59-51(65)36-35-46-45-25-10-18-34-58(45)71(60(46)59)62-49(38-67)48(37-66)61(68-52-28-12-4-19-39(52)40-20-5-13-29-53(40)68)63(69-54-30-14-6-21-41(54)42-22-7-15-31-55(42)69)64(62)70-56-32-16-8-23-43(56)44-24-9-17-33-57(44)70/h3-36H,1-2H3. The van der Waals surface area contributed by atoms with Crippen molar-refractivity contribution >= 4 is 87.2 Å². The Labute approximate surface area is 407 Å². The molecule has 10 aromatic carbocycles. The fraction of sp³-hybridized carbons (Fsp3) is 0.0462. The molecule has 0 spiro atoms. The highest BCUT2D eigenvalue weighted by molar-refractivity contribution is 6.18. The third-order valence-corrected chi connectivity index (χ3v) is 15.6. The maximum Gasteiger partial charge on any atom is 0.103 e. The Kier molecular flexibility index (Phi) is 7.88. The molecule has 0 atom stereocenters. The summed E-state index contributed by atoms with van der Waals surface area (Å²) in [5.74, 6) is 0. The predicted molar refractivity (Wildman–Crippen MR) is 291 cm³/mol. The van der Waals surface area contributed by atoms with Gasteiger partial charge in [-0.3, -0.25) is 0 Å². The van der Waals surface area contributed by atoms with Crippen LogP contribution >= 0.6 is 0 Å². The van der Waals surface area contributed by atoms with Crippen LogP contribution in [-0.2, 0) is 5.41 Å². The molecule has 15 rings (SSSR count).